The van der Waals surface area contributed by atoms with Crippen LogP contribution in [0.15, 0.2) is 18.2 Å². The minimum Gasteiger partial charge on any atom is -0.390 e. The first kappa shape index (κ1) is 15.0. The van der Waals surface area contributed by atoms with Crippen molar-refractivity contribution in [3.8, 4) is 0 Å². The Hall–Kier alpha value is -1.42. The number of pyridine rings is 1. The number of rotatable bonds is 2. The van der Waals surface area contributed by atoms with E-state index in [2.05, 4.69) is 18.8 Å². The predicted octanol–water partition coefficient (Wildman–Crippen LogP) is 2.58. The maximum Gasteiger partial charge on any atom is 0.272 e. The van der Waals surface area contributed by atoms with Crippen LogP contribution in [0.5, 0.6) is 0 Å². The molecule has 1 aromatic rings. The fourth-order valence-electron chi connectivity index (χ4n) is 2.52. The number of nitrogens with zero attached hydrogens (tertiary/aromatic N) is 2. The summed E-state index contributed by atoms with van der Waals surface area (Å²) in [6.45, 7) is 7.28. The van der Waals surface area contributed by atoms with Gasteiger partial charge in [-0.05, 0) is 44.2 Å². The van der Waals surface area contributed by atoms with Crippen LogP contribution in [0.2, 0.25) is 0 Å². The number of hydrogen-bond acceptors (Lipinski definition) is 3. The van der Waals surface area contributed by atoms with Gasteiger partial charge in [0.05, 0.1) is 5.60 Å². The number of likely N-dealkylation sites (tertiary alicyclic amines) is 1. The van der Waals surface area contributed by atoms with Gasteiger partial charge in [-0.15, -0.1) is 0 Å². The van der Waals surface area contributed by atoms with Gasteiger partial charge < -0.3 is 10.0 Å². The summed E-state index contributed by atoms with van der Waals surface area (Å²) in [5.41, 5.74) is 0.804. The highest BCUT2D eigenvalue weighted by atomic mass is 16.3. The van der Waals surface area contributed by atoms with Gasteiger partial charge in [-0.2, -0.15) is 0 Å². The third-order valence-corrected chi connectivity index (χ3v) is 3.93. The minimum absolute atomic E-state index is 0.0230. The molecule has 0 bridgehead atoms. The predicted molar refractivity (Wildman–Crippen MR) is 78.7 cm³/mol. The van der Waals surface area contributed by atoms with E-state index in [-0.39, 0.29) is 5.91 Å². The first-order chi connectivity index (χ1) is 9.39. The highest BCUT2D eigenvalue weighted by Gasteiger charge is 2.27. The summed E-state index contributed by atoms with van der Waals surface area (Å²) in [5.74, 6) is 0.290. The van der Waals surface area contributed by atoms with Gasteiger partial charge in [0.15, 0.2) is 0 Å². The molecule has 2 heterocycles. The van der Waals surface area contributed by atoms with Crippen molar-refractivity contribution in [3.05, 3.63) is 29.6 Å². The van der Waals surface area contributed by atoms with Crippen LogP contribution in [0.4, 0.5) is 0 Å². The van der Waals surface area contributed by atoms with E-state index >= 15 is 0 Å². The lowest BCUT2D eigenvalue weighted by molar-refractivity contribution is 0.0437. The summed E-state index contributed by atoms with van der Waals surface area (Å²) in [5, 5.41) is 10.1. The summed E-state index contributed by atoms with van der Waals surface area (Å²) in [4.78, 5) is 18.8. The topological polar surface area (TPSA) is 53.4 Å². The molecule has 110 valence electrons. The molecule has 1 aliphatic rings. The highest BCUT2D eigenvalue weighted by molar-refractivity contribution is 5.92. The SMILES string of the molecule is CC(C)c1cccc(C(=O)N2CCCC(C)(O)CC2)n1. The van der Waals surface area contributed by atoms with Gasteiger partial charge in [0.25, 0.3) is 5.91 Å². The molecule has 0 spiro atoms. The average molecular weight is 276 g/mol. The van der Waals surface area contributed by atoms with Crippen LogP contribution in [0, 0.1) is 0 Å². The Morgan fingerprint density at radius 1 is 1.35 bits per heavy atom. The summed E-state index contributed by atoms with van der Waals surface area (Å²) in [7, 11) is 0. The largest absolute Gasteiger partial charge is 0.390 e. The quantitative estimate of drug-likeness (QED) is 0.903. The molecule has 1 aliphatic heterocycles. The molecule has 0 aromatic carbocycles. The first-order valence-corrected chi connectivity index (χ1v) is 7.38. The van der Waals surface area contributed by atoms with Crippen molar-refractivity contribution in [3.63, 3.8) is 0 Å². The van der Waals surface area contributed by atoms with Crippen LogP contribution in [0.1, 0.15) is 62.1 Å². The Labute approximate surface area is 120 Å². The molecule has 20 heavy (non-hydrogen) atoms. The molecule has 4 heteroatoms. The van der Waals surface area contributed by atoms with E-state index in [0.29, 0.717) is 31.1 Å². The van der Waals surface area contributed by atoms with Crippen LogP contribution in [0.25, 0.3) is 0 Å². The van der Waals surface area contributed by atoms with Crippen LogP contribution < -0.4 is 0 Å². The normalized spacial score (nSPS) is 23.8. The molecule has 0 aliphatic carbocycles. The lowest BCUT2D eigenvalue weighted by Crippen LogP contribution is -2.34. The molecule has 1 aromatic heterocycles. The highest BCUT2D eigenvalue weighted by Crippen LogP contribution is 2.22. The Morgan fingerprint density at radius 3 is 2.80 bits per heavy atom. The van der Waals surface area contributed by atoms with Gasteiger partial charge in [-0.3, -0.25) is 4.79 Å². The third-order valence-electron chi connectivity index (χ3n) is 3.93. The zero-order valence-corrected chi connectivity index (χ0v) is 12.6. The van der Waals surface area contributed by atoms with Crippen LogP contribution >= 0.6 is 0 Å². The van der Waals surface area contributed by atoms with E-state index in [1.807, 2.05) is 24.0 Å². The van der Waals surface area contributed by atoms with Crippen molar-refractivity contribution >= 4 is 5.91 Å². The van der Waals surface area contributed by atoms with E-state index < -0.39 is 5.60 Å². The molecule has 1 fully saturated rings. The maximum absolute atomic E-state index is 12.5. The zero-order valence-electron chi connectivity index (χ0n) is 12.6. The van der Waals surface area contributed by atoms with Gasteiger partial charge in [0.1, 0.15) is 5.69 Å². The monoisotopic (exact) mass is 276 g/mol. The number of carbonyl (C=O) groups excluding carboxylic acids is 1. The van der Waals surface area contributed by atoms with Crippen molar-refractivity contribution < 1.29 is 9.90 Å². The minimum atomic E-state index is -0.651. The van der Waals surface area contributed by atoms with E-state index in [1.54, 1.807) is 6.07 Å². The van der Waals surface area contributed by atoms with E-state index in [0.717, 1.165) is 18.5 Å². The standard InChI is InChI=1S/C16H24N2O2/c1-12(2)13-6-4-7-14(17-13)15(19)18-10-5-8-16(3,20)9-11-18/h4,6-7,12,20H,5,8-11H2,1-3H3. The molecule has 1 N–H and O–H groups in total. The number of carbonyl (C=O) groups is 1. The molecule has 4 nitrogen and oxygen atoms in total. The molecule has 1 atom stereocenters. The summed E-state index contributed by atoms with van der Waals surface area (Å²) < 4.78 is 0. The summed E-state index contributed by atoms with van der Waals surface area (Å²) in [6, 6.07) is 5.62. The average Bonchev–Trinajstić information content (AvgIpc) is 2.59. The first-order valence-electron chi connectivity index (χ1n) is 7.38. The molecule has 1 amide bonds. The molecule has 1 saturated heterocycles. The smallest absolute Gasteiger partial charge is 0.272 e. The summed E-state index contributed by atoms with van der Waals surface area (Å²) >= 11 is 0. The van der Waals surface area contributed by atoms with E-state index in [4.69, 9.17) is 0 Å². The Kier molecular flexibility index (Phi) is 4.43. The fourth-order valence-corrected chi connectivity index (χ4v) is 2.52. The molecule has 1 unspecified atom stereocenters. The zero-order chi connectivity index (χ0) is 14.8. The Morgan fingerprint density at radius 2 is 2.10 bits per heavy atom. The van der Waals surface area contributed by atoms with Gasteiger partial charge in [0, 0.05) is 18.8 Å². The number of hydrogen-bond donors (Lipinski definition) is 1. The van der Waals surface area contributed by atoms with Gasteiger partial charge in [0.2, 0.25) is 0 Å². The number of amides is 1. The Balaban J connectivity index is 2.13. The van der Waals surface area contributed by atoms with Crippen LogP contribution in [0.3, 0.4) is 0 Å². The van der Waals surface area contributed by atoms with Crippen molar-refractivity contribution in [1.82, 2.24) is 9.88 Å². The fraction of sp³-hybridized carbons (Fsp3) is 0.625. The lowest BCUT2D eigenvalue weighted by atomic mass is 9.98. The van der Waals surface area contributed by atoms with Crippen molar-refractivity contribution in [2.24, 2.45) is 0 Å². The molecule has 0 saturated carbocycles. The van der Waals surface area contributed by atoms with Crippen LogP contribution in [-0.2, 0) is 0 Å². The second kappa shape index (κ2) is 5.92. The second-order valence-corrected chi connectivity index (χ2v) is 6.25. The lowest BCUT2D eigenvalue weighted by Gasteiger charge is -2.22. The second-order valence-electron chi connectivity index (χ2n) is 6.25. The van der Waals surface area contributed by atoms with Crippen molar-refractivity contribution in [2.45, 2.75) is 51.6 Å². The third kappa shape index (κ3) is 3.57. The number of aromatic nitrogens is 1. The maximum atomic E-state index is 12.5. The molecule has 0 radical (unpaired) electrons. The van der Waals surface area contributed by atoms with Gasteiger partial charge in [-0.1, -0.05) is 19.9 Å². The van der Waals surface area contributed by atoms with Gasteiger partial charge in [-0.25, -0.2) is 4.98 Å². The molecular formula is C16H24N2O2. The Bertz CT molecular complexity index is 483. The van der Waals surface area contributed by atoms with E-state index in [1.165, 1.54) is 0 Å². The molecular weight excluding hydrogens is 252 g/mol. The molecule has 2 rings (SSSR count). The van der Waals surface area contributed by atoms with Crippen LogP contribution in [-0.4, -0.2) is 39.6 Å². The number of aliphatic hydroxyl groups is 1. The van der Waals surface area contributed by atoms with Crippen molar-refractivity contribution in [2.75, 3.05) is 13.1 Å². The van der Waals surface area contributed by atoms with Gasteiger partial charge >= 0.3 is 0 Å². The summed E-state index contributed by atoms with van der Waals surface area (Å²) in [6.07, 6.45) is 2.21. The van der Waals surface area contributed by atoms with E-state index in [9.17, 15) is 9.90 Å². The van der Waals surface area contributed by atoms with Crippen molar-refractivity contribution in [1.29, 1.82) is 0 Å².